The summed E-state index contributed by atoms with van der Waals surface area (Å²) in [5.41, 5.74) is 6.32. The molecule has 2 atom stereocenters. The van der Waals surface area contributed by atoms with Crippen molar-refractivity contribution in [3.05, 3.63) is 0 Å². The molecule has 16 heavy (non-hydrogen) atoms. The molecule has 2 rings (SSSR count). The predicted octanol–water partition coefficient (Wildman–Crippen LogP) is 1.32. The third-order valence-electron chi connectivity index (χ3n) is 3.80. The molecule has 0 amide bonds. The average molecular weight is 244 g/mol. The summed E-state index contributed by atoms with van der Waals surface area (Å²) in [6.07, 6.45) is 4.09. The van der Waals surface area contributed by atoms with Crippen LogP contribution >= 0.6 is 11.8 Å². The summed E-state index contributed by atoms with van der Waals surface area (Å²) in [4.78, 5) is 2.61. The summed E-state index contributed by atoms with van der Waals surface area (Å²) < 4.78 is 5.72. The maximum Gasteiger partial charge on any atom is 0.0674 e. The van der Waals surface area contributed by atoms with Gasteiger partial charge in [0.15, 0.2) is 0 Å². The summed E-state index contributed by atoms with van der Waals surface area (Å²) >= 11 is 2.07. The smallest absolute Gasteiger partial charge is 0.0674 e. The van der Waals surface area contributed by atoms with E-state index in [9.17, 15) is 0 Å². The van der Waals surface area contributed by atoms with Crippen LogP contribution in [0, 0.1) is 0 Å². The van der Waals surface area contributed by atoms with Gasteiger partial charge in [-0.2, -0.15) is 11.8 Å². The highest BCUT2D eigenvalue weighted by Gasteiger charge is 2.38. The van der Waals surface area contributed by atoms with Gasteiger partial charge in [0.05, 0.1) is 6.10 Å². The lowest BCUT2D eigenvalue weighted by atomic mass is 9.92. The van der Waals surface area contributed by atoms with Crippen molar-refractivity contribution in [1.29, 1.82) is 0 Å². The highest BCUT2D eigenvalue weighted by atomic mass is 32.2. The Morgan fingerprint density at radius 3 is 3.06 bits per heavy atom. The van der Waals surface area contributed by atoms with Crippen LogP contribution in [0.4, 0.5) is 0 Å². The van der Waals surface area contributed by atoms with Crippen LogP contribution in [0.5, 0.6) is 0 Å². The third kappa shape index (κ3) is 2.73. The molecular weight excluding hydrogens is 220 g/mol. The fourth-order valence-electron chi connectivity index (χ4n) is 2.80. The van der Waals surface area contributed by atoms with E-state index in [1.165, 1.54) is 24.3 Å². The maximum atomic E-state index is 6.07. The highest BCUT2D eigenvalue weighted by molar-refractivity contribution is 7.99. The van der Waals surface area contributed by atoms with Crippen LogP contribution in [0.25, 0.3) is 0 Å². The van der Waals surface area contributed by atoms with E-state index < -0.39 is 0 Å². The minimum absolute atomic E-state index is 0.255. The summed E-state index contributed by atoms with van der Waals surface area (Å²) in [7, 11) is 0. The van der Waals surface area contributed by atoms with Crippen molar-refractivity contribution in [2.75, 3.05) is 37.7 Å². The van der Waals surface area contributed by atoms with Crippen LogP contribution in [-0.4, -0.2) is 54.3 Å². The van der Waals surface area contributed by atoms with Crippen molar-refractivity contribution in [2.24, 2.45) is 5.73 Å². The summed E-state index contributed by atoms with van der Waals surface area (Å²) in [5, 5.41) is 0. The van der Waals surface area contributed by atoms with Crippen LogP contribution in [0.3, 0.4) is 0 Å². The molecule has 2 heterocycles. The number of ether oxygens (including phenoxy) is 1. The van der Waals surface area contributed by atoms with Crippen molar-refractivity contribution in [2.45, 2.75) is 37.8 Å². The molecule has 0 spiro atoms. The molecule has 0 aromatic heterocycles. The van der Waals surface area contributed by atoms with Crippen molar-refractivity contribution in [1.82, 2.24) is 4.90 Å². The Hall–Kier alpha value is 0.230. The number of thioether (sulfide) groups is 1. The van der Waals surface area contributed by atoms with Crippen molar-refractivity contribution >= 4 is 11.8 Å². The number of rotatable bonds is 2. The molecular formula is C12H24N2OS. The van der Waals surface area contributed by atoms with Gasteiger partial charge in [-0.1, -0.05) is 0 Å². The normalized spacial score (nSPS) is 38.2. The van der Waals surface area contributed by atoms with E-state index in [0.717, 1.165) is 32.7 Å². The van der Waals surface area contributed by atoms with Gasteiger partial charge in [0.1, 0.15) is 0 Å². The molecule has 0 aromatic carbocycles. The second kappa shape index (κ2) is 5.71. The van der Waals surface area contributed by atoms with Gasteiger partial charge in [-0.25, -0.2) is 0 Å². The molecule has 94 valence electrons. The van der Waals surface area contributed by atoms with Gasteiger partial charge >= 0.3 is 0 Å². The van der Waals surface area contributed by atoms with Gasteiger partial charge < -0.3 is 10.5 Å². The van der Waals surface area contributed by atoms with E-state index in [1.807, 2.05) is 0 Å². The van der Waals surface area contributed by atoms with Crippen LogP contribution < -0.4 is 5.73 Å². The lowest BCUT2D eigenvalue weighted by molar-refractivity contribution is 0.0408. The first-order valence-corrected chi connectivity index (χ1v) is 7.57. The fourth-order valence-corrected chi connectivity index (χ4v) is 4.12. The van der Waals surface area contributed by atoms with Crippen LogP contribution in [0.15, 0.2) is 0 Å². The number of nitrogens with zero attached hydrogens (tertiary/aromatic N) is 1. The van der Waals surface area contributed by atoms with E-state index >= 15 is 0 Å². The Bertz CT molecular complexity index is 219. The molecule has 2 fully saturated rings. The first-order valence-electron chi connectivity index (χ1n) is 6.41. The molecule has 0 radical (unpaired) electrons. The van der Waals surface area contributed by atoms with Crippen LogP contribution in [-0.2, 0) is 4.74 Å². The molecule has 0 aromatic rings. The van der Waals surface area contributed by atoms with Crippen molar-refractivity contribution in [3.8, 4) is 0 Å². The average Bonchev–Trinajstić information content (AvgIpc) is 2.55. The SMILES string of the molecule is CC1CN(C2(CN)CCCSC2)CCCO1. The van der Waals surface area contributed by atoms with E-state index in [4.69, 9.17) is 10.5 Å². The molecule has 0 bridgehead atoms. The summed E-state index contributed by atoms with van der Waals surface area (Å²) in [6, 6.07) is 0. The molecule has 2 aliphatic heterocycles. The van der Waals surface area contributed by atoms with Crippen LogP contribution in [0.1, 0.15) is 26.2 Å². The Kier molecular flexibility index (Phi) is 4.53. The van der Waals surface area contributed by atoms with Crippen molar-refractivity contribution < 1.29 is 4.74 Å². The monoisotopic (exact) mass is 244 g/mol. The van der Waals surface area contributed by atoms with Gasteiger partial charge in [0, 0.05) is 37.5 Å². The minimum Gasteiger partial charge on any atom is -0.377 e. The zero-order chi connectivity index (χ0) is 11.4. The molecule has 3 nitrogen and oxygen atoms in total. The quantitative estimate of drug-likeness (QED) is 0.795. The molecule has 4 heteroatoms. The maximum absolute atomic E-state index is 6.07. The Labute approximate surface area is 103 Å². The van der Waals surface area contributed by atoms with Gasteiger partial charge in [-0.3, -0.25) is 4.90 Å². The molecule has 0 saturated carbocycles. The number of hydrogen-bond acceptors (Lipinski definition) is 4. The van der Waals surface area contributed by atoms with E-state index in [-0.39, 0.29) is 5.54 Å². The highest BCUT2D eigenvalue weighted by Crippen LogP contribution is 2.32. The fraction of sp³-hybridized carbons (Fsp3) is 1.00. The summed E-state index contributed by atoms with van der Waals surface area (Å²) in [5.74, 6) is 2.51. The van der Waals surface area contributed by atoms with E-state index in [2.05, 4.69) is 23.6 Å². The first kappa shape index (κ1) is 12.7. The molecule has 2 N–H and O–H groups in total. The predicted molar refractivity (Wildman–Crippen MR) is 69.9 cm³/mol. The topological polar surface area (TPSA) is 38.5 Å². The Balaban J connectivity index is 2.05. The Morgan fingerprint density at radius 2 is 2.38 bits per heavy atom. The minimum atomic E-state index is 0.255. The molecule has 2 unspecified atom stereocenters. The second-order valence-electron chi connectivity index (χ2n) is 5.07. The zero-order valence-electron chi connectivity index (χ0n) is 10.3. The molecule has 2 saturated heterocycles. The number of nitrogens with two attached hydrogens (primary N) is 1. The second-order valence-corrected chi connectivity index (χ2v) is 6.17. The van der Waals surface area contributed by atoms with E-state index in [0.29, 0.717) is 6.10 Å². The Morgan fingerprint density at radius 1 is 1.50 bits per heavy atom. The van der Waals surface area contributed by atoms with Gasteiger partial charge in [-0.15, -0.1) is 0 Å². The molecule has 2 aliphatic rings. The van der Waals surface area contributed by atoms with Gasteiger partial charge in [-0.05, 0) is 31.9 Å². The van der Waals surface area contributed by atoms with E-state index in [1.54, 1.807) is 0 Å². The molecule has 0 aliphatic carbocycles. The lowest BCUT2D eigenvalue weighted by Crippen LogP contribution is -2.58. The van der Waals surface area contributed by atoms with Crippen molar-refractivity contribution in [3.63, 3.8) is 0 Å². The zero-order valence-corrected chi connectivity index (χ0v) is 11.1. The van der Waals surface area contributed by atoms with Crippen LogP contribution in [0.2, 0.25) is 0 Å². The lowest BCUT2D eigenvalue weighted by Gasteiger charge is -2.45. The largest absolute Gasteiger partial charge is 0.377 e. The standard InChI is InChI=1S/C12H24N2OS/c1-11-8-14(5-3-6-15-11)12(9-13)4-2-7-16-10-12/h11H,2-10,13H2,1H3. The summed E-state index contributed by atoms with van der Waals surface area (Å²) in [6.45, 7) is 6.09. The third-order valence-corrected chi connectivity index (χ3v) is 5.12. The van der Waals surface area contributed by atoms with Gasteiger partial charge in [0.2, 0.25) is 0 Å². The van der Waals surface area contributed by atoms with Gasteiger partial charge in [0.25, 0.3) is 0 Å². The first-order chi connectivity index (χ1) is 7.77. The number of hydrogen-bond donors (Lipinski definition) is 1.